The summed E-state index contributed by atoms with van der Waals surface area (Å²) in [6, 6.07) is 21.8. The van der Waals surface area contributed by atoms with Crippen molar-refractivity contribution in [3.05, 3.63) is 60.7 Å². The number of hydrogen-bond donors (Lipinski definition) is 0. The third-order valence-electron chi connectivity index (χ3n) is 6.54. The molecule has 160 valence electrons. The first-order valence-electron chi connectivity index (χ1n) is 11.1. The molecule has 0 amide bonds. The molecule has 2 aromatic carbocycles. The molecule has 0 saturated carbocycles. The average Bonchev–Trinajstić information content (AvgIpc) is 3.06. The van der Waals surface area contributed by atoms with Crippen molar-refractivity contribution in [3.8, 4) is 0 Å². The normalized spacial score (nSPS) is 21.1. The Bertz CT molecular complexity index is 767. The van der Waals surface area contributed by atoms with Crippen LogP contribution in [0.3, 0.4) is 0 Å². The van der Waals surface area contributed by atoms with Gasteiger partial charge in [-0.1, -0.05) is 0 Å². The van der Waals surface area contributed by atoms with Crippen molar-refractivity contribution in [2.45, 2.75) is 80.7 Å². The van der Waals surface area contributed by atoms with Crippen LogP contribution in [0.15, 0.2) is 60.7 Å². The Hall–Kier alpha value is -0.198. The van der Waals surface area contributed by atoms with Gasteiger partial charge in [-0.2, -0.15) is 0 Å². The molecule has 1 heterocycles. The van der Waals surface area contributed by atoms with Gasteiger partial charge in [0.05, 0.1) is 0 Å². The van der Waals surface area contributed by atoms with Gasteiger partial charge in [0.1, 0.15) is 0 Å². The maximum atomic E-state index is 7.34. The van der Waals surface area contributed by atoms with Crippen molar-refractivity contribution >= 4 is 26.9 Å². The fraction of sp³-hybridized carbons (Fsp3) is 0.520. The van der Waals surface area contributed by atoms with E-state index in [1.165, 1.54) is 10.4 Å². The van der Waals surface area contributed by atoms with E-state index in [1.54, 1.807) is 0 Å². The van der Waals surface area contributed by atoms with Crippen molar-refractivity contribution in [2.75, 3.05) is 0 Å². The van der Waals surface area contributed by atoms with Gasteiger partial charge in [0.25, 0.3) is 0 Å². The molecule has 0 N–H and O–H groups in total. The SMILES string of the molecule is C[C@H](O[Si](c1ccccc1)(c1ccccc1)C(C)(C)C)[C@@H]([Hg][Cl])[C@H]1CCC(C)(C)O1. The predicted octanol–water partition coefficient (Wildman–Crippen LogP) is 5.93. The maximum absolute atomic E-state index is 7.34. The van der Waals surface area contributed by atoms with Crippen molar-refractivity contribution < 1.29 is 32.5 Å². The first kappa shape index (κ1) is 24.4. The predicted molar refractivity (Wildman–Crippen MR) is 126 cm³/mol. The summed E-state index contributed by atoms with van der Waals surface area (Å²) in [6.45, 7) is 13.6. The molecular formula is C25H35ClHgO2Si. The van der Waals surface area contributed by atoms with Crippen LogP contribution in [0.2, 0.25) is 8.46 Å². The number of halogens is 1. The van der Waals surface area contributed by atoms with Gasteiger partial charge in [0, 0.05) is 0 Å². The molecule has 1 fully saturated rings. The molecule has 0 radical (unpaired) electrons. The summed E-state index contributed by atoms with van der Waals surface area (Å²) in [5, 5.41) is 2.63. The van der Waals surface area contributed by atoms with Crippen LogP contribution in [0.5, 0.6) is 0 Å². The Labute approximate surface area is 199 Å². The van der Waals surface area contributed by atoms with Crippen LogP contribution >= 0.6 is 8.25 Å². The number of ether oxygens (including phenoxy) is 1. The van der Waals surface area contributed by atoms with Crippen LogP contribution in [-0.4, -0.2) is 26.1 Å². The van der Waals surface area contributed by atoms with E-state index in [2.05, 4.69) is 102 Å². The molecule has 1 saturated heterocycles. The fourth-order valence-corrected chi connectivity index (χ4v) is 17.8. The van der Waals surface area contributed by atoms with Gasteiger partial charge in [-0.3, -0.25) is 0 Å². The molecular weight excluding hydrogens is 596 g/mol. The molecule has 0 bridgehead atoms. The van der Waals surface area contributed by atoms with Crippen LogP contribution in [0.25, 0.3) is 0 Å². The third kappa shape index (κ3) is 5.06. The van der Waals surface area contributed by atoms with Crippen LogP contribution in [0, 0.1) is 0 Å². The summed E-state index contributed by atoms with van der Waals surface area (Å²) in [7, 11) is 4.19. The van der Waals surface area contributed by atoms with Crippen LogP contribution < -0.4 is 10.4 Å². The van der Waals surface area contributed by atoms with E-state index in [9.17, 15) is 0 Å². The topological polar surface area (TPSA) is 18.5 Å². The summed E-state index contributed by atoms with van der Waals surface area (Å²) in [6.07, 6.45) is 2.53. The Morgan fingerprint density at radius 1 is 1.03 bits per heavy atom. The van der Waals surface area contributed by atoms with Gasteiger partial charge in [-0.25, -0.2) is 0 Å². The molecule has 1 aliphatic heterocycles. The summed E-state index contributed by atoms with van der Waals surface area (Å²) in [5.74, 6) is 0. The number of hydrogen-bond acceptors (Lipinski definition) is 2. The molecule has 0 aliphatic carbocycles. The van der Waals surface area contributed by atoms with Gasteiger partial charge < -0.3 is 0 Å². The Morgan fingerprint density at radius 2 is 1.53 bits per heavy atom. The van der Waals surface area contributed by atoms with E-state index in [0.29, 0.717) is 3.43 Å². The van der Waals surface area contributed by atoms with Crippen molar-refractivity contribution in [1.29, 1.82) is 0 Å². The van der Waals surface area contributed by atoms with E-state index < -0.39 is 31.7 Å². The second kappa shape index (κ2) is 9.74. The van der Waals surface area contributed by atoms with Crippen LogP contribution in [0.1, 0.15) is 54.4 Å². The monoisotopic (exact) mass is 632 g/mol. The molecule has 0 unspecified atom stereocenters. The minimum absolute atomic E-state index is 0.0203. The molecule has 2 nitrogen and oxygen atoms in total. The second-order valence-corrected chi connectivity index (χ2v) is 22.1. The molecule has 0 aromatic heterocycles. The summed E-state index contributed by atoms with van der Waals surface area (Å²) in [4.78, 5) is 0. The van der Waals surface area contributed by atoms with Gasteiger partial charge in [-0.05, 0) is 0 Å². The quantitative estimate of drug-likeness (QED) is 0.353. The van der Waals surface area contributed by atoms with Crippen molar-refractivity contribution in [2.24, 2.45) is 0 Å². The van der Waals surface area contributed by atoms with Gasteiger partial charge in [-0.15, -0.1) is 0 Å². The fourth-order valence-electron chi connectivity index (χ4n) is 4.90. The van der Waals surface area contributed by atoms with Crippen LogP contribution in [-0.2, 0) is 32.5 Å². The third-order valence-corrected chi connectivity index (χ3v) is 20.8. The summed E-state index contributed by atoms with van der Waals surface area (Å²) < 4.78 is 14.2. The Kier molecular flexibility index (Phi) is 7.94. The second-order valence-electron chi connectivity index (χ2n) is 10.3. The molecule has 30 heavy (non-hydrogen) atoms. The minimum atomic E-state index is -2.56. The molecule has 2 aromatic rings. The van der Waals surface area contributed by atoms with Crippen molar-refractivity contribution in [1.82, 2.24) is 0 Å². The molecule has 3 rings (SSSR count). The van der Waals surface area contributed by atoms with E-state index in [-0.39, 0.29) is 22.8 Å². The van der Waals surface area contributed by atoms with Crippen molar-refractivity contribution in [3.63, 3.8) is 0 Å². The zero-order valence-electron chi connectivity index (χ0n) is 19.3. The Morgan fingerprint density at radius 3 is 1.90 bits per heavy atom. The first-order chi connectivity index (χ1) is 14.1. The zero-order valence-corrected chi connectivity index (χ0v) is 26.6. The summed E-state index contributed by atoms with van der Waals surface area (Å²) in [5.41, 5.74) is -0.0417. The van der Waals surface area contributed by atoms with E-state index in [0.717, 1.165) is 12.8 Å². The molecule has 5 heteroatoms. The van der Waals surface area contributed by atoms with E-state index in [4.69, 9.17) is 17.4 Å². The average molecular weight is 632 g/mol. The Balaban J connectivity index is 2.04. The first-order valence-corrected chi connectivity index (χ1v) is 23.0. The molecule has 0 spiro atoms. The molecule has 3 atom stereocenters. The molecule has 1 aliphatic rings. The number of rotatable bonds is 7. The van der Waals surface area contributed by atoms with Gasteiger partial charge >= 0.3 is 201 Å². The van der Waals surface area contributed by atoms with Gasteiger partial charge in [0.15, 0.2) is 0 Å². The zero-order chi connectivity index (χ0) is 22.0. The summed E-state index contributed by atoms with van der Waals surface area (Å²) >= 11 is -1.65. The standard InChI is InChI=1S/C25H35O2Si.ClH.Hg/c1-20(19-21-17-18-25(5,6)26-21)27-28(24(2,3)4,22-13-9-7-10-14-22)23-15-11-8-12-16-23;;/h7-16,19-21H,17-18H2,1-6H3;1H;/q;;+1/p-1/t20-,21+;;/m0../s1. The number of benzene rings is 2. The van der Waals surface area contributed by atoms with E-state index in [1.807, 2.05) is 0 Å². The van der Waals surface area contributed by atoms with Gasteiger partial charge in [0.2, 0.25) is 0 Å². The van der Waals surface area contributed by atoms with Crippen LogP contribution in [0.4, 0.5) is 0 Å². The van der Waals surface area contributed by atoms with E-state index >= 15 is 0 Å².